The largest absolute Gasteiger partial charge is 0.493 e. The lowest BCUT2D eigenvalue weighted by molar-refractivity contribution is -0.00926. The second-order valence-corrected chi connectivity index (χ2v) is 8.97. The average Bonchev–Trinajstić information content (AvgIpc) is 3.00. The summed E-state index contributed by atoms with van der Waals surface area (Å²) in [6.45, 7) is 2.65. The number of ether oxygens (including phenoxy) is 8. The van der Waals surface area contributed by atoms with E-state index in [0.29, 0.717) is 61.6 Å². The first kappa shape index (κ1) is 29.7. The zero-order valence-electron chi connectivity index (χ0n) is 23.9. The third-order valence-electron chi connectivity index (χ3n) is 6.64. The predicted octanol–water partition coefficient (Wildman–Crippen LogP) is 1.40. The minimum atomic E-state index is -0.772. The molecule has 1 aliphatic rings. The van der Waals surface area contributed by atoms with Crippen molar-refractivity contribution in [3.8, 4) is 34.5 Å². The van der Waals surface area contributed by atoms with Crippen molar-refractivity contribution in [2.24, 2.45) is 0 Å². The first-order chi connectivity index (χ1) is 19.9. The third kappa shape index (κ3) is 6.23. The van der Waals surface area contributed by atoms with Crippen LogP contribution in [0.15, 0.2) is 23.0 Å². The number of rotatable bonds is 12. The normalized spacial score (nSPS) is 14.3. The predicted molar refractivity (Wildman–Crippen MR) is 146 cm³/mol. The Morgan fingerprint density at radius 2 is 1.41 bits per heavy atom. The van der Waals surface area contributed by atoms with Gasteiger partial charge in [-0.05, 0) is 18.2 Å². The topological polar surface area (TPSA) is 142 Å². The molecule has 14 nitrogen and oxygen atoms in total. The highest BCUT2D eigenvalue weighted by molar-refractivity contribution is 5.91. The van der Waals surface area contributed by atoms with Crippen molar-refractivity contribution >= 4 is 16.9 Å². The number of esters is 1. The SMILES string of the molecule is COc1cc(C(=O)O[C@@H](CN2CCOCC2)Cn2nnc3c(OC)c(OC)c(OC)cc3c2=O)cc(OC)c1OC. The van der Waals surface area contributed by atoms with Gasteiger partial charge in [-0.2, -0.15) is 0 Å². The summed E-state index contributed by atoms with van der Waals surface area (Å²) >= 11 is 0. The molecular weight excluding hydrogens is 540 g/mol. The van der Waals surface area contributed by atoms with Gasteiger partial charge in [-0.3, -0.25) is 9.69 Å². The molecule has 1 aliphatic heterocycles. The number of fused-ring (bicyclic) bond motifs is 1. The Kier molecular flexibility index (Phi) is 9.68. The van der Waals surface area contributed by atoms with Crippen LogP contribution in [0.1, 0.15) is 10.4 Å². The van der Waals surface area contributed by atoms with E-state index in [1.165, 1.54) is 60.9 Å². The Labute approximate surface area is 236 Å². The maximum Gasteiger partial charge on any atom is 0.338 e. The minimum absolute atomic E-state index is 0.0635. The quantitative estimate of drug-likeness (QED) is 0.288. The summed E-state index contributed by atoms with van der Waals surface area (Å²) in [4.78, 5) is 29.0. The molecule has 0 unspecified atom stereocenters. The van der Waals surface area contributed by atoms with E-state index in [0.717, 1.165) is 4.68 Å². The Morgan fingerprint density at radius 1 is 0.829 bits per heavy atom. The van der Waals surface area contributed by atoms with Gasteiger partial charge in [0.2, 0.25) is 11.5 Å². The molecule has 0 N–H and O–H groups in total. The summed E-state index contributed by atoms with van der Waals surface area (Å²) in [5, 5.41) is 8.56. The van der Waals surface area contributed by atoms with E-state index in [9.17, 15) is 9.59 Å². The summed E-state index contributed by atoms with van der Waals surface area (Å²) in [5.41, 5.74) is -0.0689. The van der Waals surface area contributed by atoms with Gasteiger partial charge in [0.15, 0.2) is 23.0 Å². The molecule has 4 rings (SSSR count). The molecule has 0 aliphatic carbocycles. The first-order valence-electron chi connectivity index (χ1n) is 12.8. The third-order valence-corrected chi connectivity index (χ3v) is 6.64. The second-order valence-electron chi connectivity index (χ2n) is 8.97. The number of carbonyl (C=O) groups is 1. The van der Waals surface area contributed by atoms with E-state index in [4.69, 9.17) is 37.9 Å². The van der Waals surface area contributed by atoms with Crippen LogP contribution in [0.2, 0.25) is 0 Å². The molecule has 0 spiro atoms. The lowest BCUT2D eigenvalue weighted by atomic mass is 10.1. The van der Waals surface area contributed by atoms with Crippen LogP contribution in [0, 0.1) is 0 Å². The van der Waals surface area contributed by atoms with Crippen molar-refractivity contribution in [3.63, 3.8) is 0 Å². The summed E-state index contributed by atoms with van der Waals surface area (Å²) in [6.07, 6.45) is -0.772. The Bertz CT molecular complexity index is 1410. The summed E-state index contributed by atoms with van der Waals surface area (Å²) in [5.74, 6) is 1.12. The van der Waals surface area contributed by atoms with Crippen LogP contribution >= 0.6 is 0 Å². The van der Waals surface area contributed by atoms with Gasteiger partial charge in [-0.25, -0.2) is 9.48 Å². The lowest BCUT2D eigenvalue weighted by Crippen LogP contribution is -2.44. The molecule has 222 valence electrons. The maximum atomic E-state index is 13.6. The zero-order valence-corrected chi connectivity index (χ0v) is 23.9. The van der Waals surface area contributed by atoms with Gasteiger partial charge in [0.1, 0.15) is 11.6 Å². The van der Waals surface area contributed by atoms with Crippen molar-refractivity contribution in [1.82, 2.24) is 19.9 Å². The van der Waals surface area contributed by atoms with E-state index in [1.807, 2.05) is 0 Å². The monoisotopic (exact) mass is 574 g/mol. The van der Waals surface area contributed by atoms with Crippen molar-refractivity contribution in [3.05, 3.63) is 34.1 Å². The van der Waals surface area contributed by atoms with Gasteiger partial charge in [-0.1, -0.05) is 5.21 Å². The number of benzene rings is 2. The molecule has 3 aromatic rings. The Hall–Kier alpha value is -4.30. The molecule has 0 amide bonds. The lowest BCUT2D eigenvalue weighted by Gasteiger charge is -2.30. The number of nitrogens with zero attached hydrogens (tertiary/aromatic N) is 4. The molecule has 2 aromatic carbocycles. The maximum absolute atomic E-state index is 13.6. The molecule has 0 radical (unpaired) electrons. The fourth-order valence-electron chi connectivity index (χ4n) is 4.62. The number of hydrogen-bond acceptors (Lipinski definition) is 13. The number of aromatic nitrogens is 3. The molecular formula is C27H34N4O10. The number of morpholine rings is 1. The Balaban J connectivity index is 1.69. The average molecular weight is 575 g/mol. The summed E-state index contributed by atoms with van der Waals surface area (Å²) < 4.78 is 44.9. The molecule has 0 saturated carbocycles. The number of carbonyl (C=O) groups excluding carboxylic acids is 1. The highest BCUT2D eigenvalue weighted by Gasteiger charge is 2.26. The van der Waals surface area contributed by atoms with Gasteiger partial charge in [0.25, 0.3) is 5.56 Å². The van der Waals surface area contributed by atoms with Gasteiger partial charge in [0.05, 0.1) is 73.4 Å². The number of methoxy groups -OCH3 is 6. The van der Waals surface area contributed by atoms with Crippen LogP contribution in [0.3, 0.4) is 0 Å². The van der Waals surface area contributed by atoms with Gasteiger partial charge in [-0.15, -0.1) is 5.10 Å². The number of hydrogen-bond donors (Lipinski definition) is 0. The molecule has 14 heteroatoms. The molecule has 41 heavy (non-hydrogen) atoms. The molecule has 0 bridgehead atoms. The van der Waals surface area contributed by atoms with Crippen molar-refractivity contribution in [2.45, 2.75) is 12.6 Å². The highest BCUT2D eigenvalue weighted by Crippen LogP contribution is 2.41. The van der Waals surface area contributed by atoms with Gasteiger partial charge < -0.3 is 37.9 Å². The van der Waals surface area contributed by atoms with E-state index >= 15 is 0 Å². The second kappa shape index (κ2) is 13.4. The fourth-order valence-corrected chi connectivity index (χ4v) is 4.62. The van der Waals surface area contributed by atoms with E-state index in [2.05, 4.69) is 15.2 Å². The zero-order chi connectivity index (χ0) is 29.5. The van der Waals surface area contributed by atoms with Gasteiger partial charge >= 0.3 is 5.97 Å². The standard InChI is InChI=1S/C27H34N4O10/c1-34-19-11-16(12-20(35-2)23(19)37-4)27(33)41-17(14-30-7-9-40-10-8-30)15-31-26(32)18-13-21(36-3)24(38-5)25(39-6)22(18)28-29-31/h11-13,17H,7-10,14-15H2,1-6H3/t17-/m0/s1. The summed E-state index contributed by atoms with van der Waals surface area (Å²) in [6, 6.07) is 4.52. The van der Waals surface area contributed by atoms with Crippen LogP contribution in [0.4, 0.5) is 0 Å². The fraction of sp³-hybridized carbons (Fsp3) is 0.481. The van der Waals surface area contributed by atoms with E-state index in [1.54, 1.807) is 0 Å². The smallest absolute Gasteiger partial charge is 0.338 e. The van der Waals surface area contributed by atoms with Crippen molar-refractivity contribution < 1.29 is 42.7 Å². The van der Waals surface area contributed by atoms with Crippen molar-refractivity contribution in [2.75, 3.05) is 75.5 Å². The molecule has 1 atom stereocenters. The van der Waals surface area contributed by atoms with Gasteiger partial charge in [0, 0.05) is 19.6 Å². The Morgan fingerprint density at radius 3 is 1.98 bits per heavy atom. The molecule has 1 saturated heterocycles. The first-order valence-corrected chi connectivity index (χ1v) is 12.8. The van der Waals surface area contributed by atoms with Crippen LogP contribution in [0.5, 0.6) is 34.5 Å². The van der Waals surface area contributed by atoms with Crippen LogP contribution in [0.25, 0.3) is 10.9 Å². The highest BCUT2D eigenvalue weighted by atomic mass is 16.6. The van der Waals surface area contributed by atoms with Crippen LogP contribution in [-0.4, -0.2) is 107 Å². The molecule has 1 fully saturated rings. The van der Waals surface area contributed by atoms with Crippen LogP contribution in [-0.2, 0) is 16.0 Å². The molecule has 1 aromatic heterocycles. The van der Waals surface area contributed by atoms with Crippen LogP contribution < -0.4 is 34.0 Å². The summed E-state index contributed by atoms with van der Waals surface area (Å²) in [7, 11) is 8.73. The van der Waals surface area contributed by atoms with E-state index in [-0.39, 0.29) is 28.8 Å². The van der Waals surface area contributed by atoms with Crippen molar-refractivity contribution in [1.29, 1.82) is 0 Å². The minimum Gasteiger partial charge on any atom is -0.493 e. The van der Waals surface area contributed by atoms with E-state index < -0.39 is 17.6 Å². The molecule has 2 heterocycles.